The van der Waals surface area contributed by atoms with Crippen molar-refractivity contribution in [1.82, 2.24) is 9.97 Å². The van der Waals surface area contributed by atoms with Gasteiger partial charge in [-0.25, -0.2) is 14.4 Å². The molecule has 0 aliphatic carbocycles. The van der Waals surface area contributed by atoms with Gasteiger partial charge >= 0.3 is 0 Å². The Bertz CT molecular complexity index is 763. The van der Waals surface area contributed by atoms with Crippen LogP contribution in [0.2, 0.25) is 0 Å². The molecule has 0 bridgehead atoms. The van der Waals surface area contributed by atoms with E-state index in [-0.39, 0.29) is 0 Å². The quantitative estimate of drug-likeness (QED) is 0.175. The second-order valence-electron chi connectivity index (χ2n) is 10.2. The van der Waals surface area contributed by atoms with Crippen molar-refractivity contribution in [2.45, 2.75) is 123 Å². The number of rotatable bonds is 20. The molecule has 35 heavy (non-hydrogen) atoms. The maximum atomic E-state index is 14.1. The van der Waals surface area contributed by atoms with E-state index in [0.29, 0.717) is 36.9 Å². The first kappa shape index (κ1) is 29.3. The zero-order valence-electron chi connectivity index (χ0n) is 22.6. The van der Waals surface area contributed by atoms with Gasteiger partial charge in [-0.15, -0.1) is 0 Å². The van der Waals surface area contributed by atoms with E-state index in [1.807, 2.05) is 0 Å². The Hall–Kier alpha value is -1.97. The van der Waals surface area contributed by atoms with Crippen LogP contribution in [0.25, 0.3) is 11.4 Å². The summed E-state index contributed by atoms with van der Waals surface area (Å²) in [4.78, 5) is 8.90. The van der Waals surface area contributed by atoms with Gasteiger partial charge in [-0.1, -0.05) is 116 Å². The number of benzene rings is 1. The van der Waals surface area contributed by atoms with Gasteiger partial charge in [-0.2, -0.15) is 0 Å². The maximum Gasteiger partial charge on any atom is 0.159 e. The highest BCUT2D eigenvalue weighted by Gasteiger charge is 2.09. The van der Waals surface area contributed by atoms with Crippen LogP contribution in [0.4, 0.5) is 4.39 Å². The molecule has 4 heteroatoms. The molecule has 0 saturated heterocycles. The second-order valence-corrected chi connectivity index (χ2v) is 10.2. The fraction of sp³-hybridized carbons (Fsp3) is 0.677. The highest BCUT2D eigenvalue weighted by molar-refractivity contribution is 5.55. The Kier molecular flexibility index (Phi) is 15.3. The second kappa shape index (κ2) is 18.3. The van der Waals surface area contributed by atoms with Gasteiger partial charge in [0.1, 0.15) is 6.17 Å². The van der Waals surface area contributed by atoms with Crippen molar-refractivity contribution < 1.29 is 9.13 Å². The predicted octanol–water partition coefficient (Wildman–Crippen LogP) is 9.54. The summed E-state index contributed by atoms with van der Waals surface area (Å²) in [6.07, 6.45) is 20.1. The van der Waals surface area contributed by atoms with Crippen molar-refractivity contribution in [2.75, 3.05) is 6.61 Å². The van der Waals surface area contributed by atoms with E-state index in [1.54, 1.807) is 12.4 Å². The minimum absolute atomic E-state index is 0.363. The van der Waals surface area contributed by atoms with Gasteiger partial charge in [0.05, 0.1) is 19.0 Å². The molecule has 0 amide bonds. The lowest BCUT2D eigenvalue weighted by Crippen LogP contribution is -2.08. The van der Waals surface area contributed by atoms with Gasteiger partial charge in [-0.05, 0) is 30.7 Å². The summed E-state index contributed by atoms with van der Waals surface area (Å²) in [5, 5.41) is 0. The SMILES string of the molecule is CCCCCCCCCCc1ccc(-c2ncc(OCCC(F)CCCC(C)CCC)cn2)cc1. The number of nitrogens with zero attached hydrogens (tertiary/aromatic N) is 2. The van der Waals surface area contributed by atoms with Gasteiger partial charge < -0.3 is 4.74 Å². The number of aryl methyl sites for hydroxylation is 1. The molecule has 1 aromatic heterocycles. The zero-order valence-corrected chi connectivity index (χ0v) is 22.6. The molecule has 0 radical (unpaired) electrons. The summed E-state index contributed by atoms with van der Waals surface area (Å²) in [6.45, 7) is 7.10. The lowest BCUT2D eigenvalue weighted by atomic mass is 9.98. The van der Waals surface area contributed by atoms with Crippen LogP contribution < -0.4 is 4.74 Å². The third kappa shape index (κ3) is 13.1. The summed E-state index contributed by atoms with van der Waals surface area (Å²) in [5.74, 6) is 1.99. The number of halogens is 1. The largest absolute Gasteiger partial charge is 0.490 e. The first-order chi connectivity index (χ1) is 17.1. The van der Waals surface area contributed by atoms with Gasteiger partial charge in [0, 0.05) is 12.0 Å². The molecule has 0 saturated carbocycles. The molecule has 0 aliphatic rings. The Labute approximate surface area is 214 Å². The Morgan fingerprint density at radius 3 is 2.06 bits per heavy atom. The van der Waals surface area contributed by atoms with Crippen molar-refractivity contribution in [3.05, 3.63) is 42.2 Å². The Morgan fingerprint density at radius 2 is 1.40 bits per heavy atom. The average Bonchev–Trinajstić information content (AvgIpc) is 2.87. The molecule has 0 N–H and O–H groups in total. The zero-order chi connectivity index (χ0) is 25.1. The normalized spacial score (nSPS) is 13.0. The van der Waals surface area contributed by atoms with Crippen LogP contribution in [0, 0.1) is 5.92 Å². The van der Waals surface area contributed by atoms with Crippen LogP contribution in [-0.4, -0.2) is 22.7 Å². The third-order valence-electron chi connectivity index (χ3n) is 6.85. The number of hydrogen-bond donors (Lipinski definition) is 0. The van der Waals surface area contributed by atoms with Crippen molar-refractivity contribution in [2.24, 2.45) is 5.92 Å². The topological polar surface area (TPSA) is 35.0 Å². The van der Waals surface area contributed by atoms with E-state index in [4.69, 9.17) is 4.74 Å². The van der Waals surface area contributed by atoms with Crippen molar-refractivity contribution >= 4 is 0 Å². The first-order valence-electron chi connectivity index (χ1n) is 14.3. The molecule has 0 spiro atoms. The molecule has 2 rings (SSSR count). The van der Waals surface area contributed by atoms with E-state index in [0.717, 1.165) is 24.8 Å². The van der Waals surface area contributed by atoms with Crippen LogP contribution in [0.3, 0.4) is 0 Å². The van der Waals surface area contributed by atoms with Crippen LogP contribution in [0.1, 0.15) is 116 Å². The molecule has 2 aromatic rings. The molecule has 2 unspecified atom stereocenters. The van der Waals surface area contributed by atoms with E-state index < -0.39 is 6.17 Å². The number of unbranched alkanes of at least 4 members (excludes halogenated alkanes) is 7. The van der Waals surface area contributed by atoms with Crippen molar-refractivity contribution in [3.63, 3.8) is 0 Å². The molecule has 0 aliphatic heterocycles. The minimum Gasteiger partial charge on any atom is -0.490 e. The molecule has 0 fully saturated rings. The third-order valence-corrected chi connectivity index (χ3v) is 6.85. The van der Waals surface area contributed by atoms with Crippen LogP contribution >= 0.6 is 0 Å². The Balaban J connectivity index is 1.63. The molecule has 196 valence electrons. The maximum absolute atomic E-state index is 14.1. The summed E-state index contributed by atoms with van der Waals surface area (Å²) in [7, 11) is 0. The molecule has 3 nitrogen and oxygen atoms in total. The average molecular weight is 485 g/mol. The van der Waals surface area contributed by atoms with E-state index in [2.05, 4.69) is 55.0 Å². The summed E-state index contributed by atoms with van der Waals surface area (Å²) >= 11 is 0. The fourth-order valence-electron chi connectivity index (χ4n) is 4.60. The summed E-state index contributed by atoms with van der Waals surface area (Å²) in [5.41, 5.74) is 2.39. The van der Waals surface area contributed by atoms with Crippen molar-refractivity contribution in [1.29, 1.82) is 0 Å². The molecular formula is C31H49FN2O. The molecule has 1 heterocycles. The molecular weight excluding hydrogens is 435 g/mol. The van der Waals surface area contributed by atoms with Crippen LogP contribution in [-0.2, 0) is 6.42 Å². The number of alkyl halides is 1. The van der Waals surface area contributed by atoms with Crippen molar-refractivity contribution in [3.8, 4) is 17.1 Å². The predicted molar refractivity (Wildman–Crippen MR) is 147 cm³/mol. The van der Waals surface area contributed by atoms with Crippen LogP contribution in [0.5, 0.6) is 5.75 Å². The van der Waals surface area contributed by atoms with Gasteiger partial charge in [0.25, 0.3) is 0 Å². The van der Waals surface area contributed by atoms with Gasteiger partial charge in [-0.3, -0.25) is 0 Å². The summed E-state index contributed by atoms with van der Waals surface area (Å²) < 4.78 is 19.8. The number of ether oxygens (including phenoxy) is 1. The molecule has 1 aromatic carbocycles. The number of hydrogen-bond acceptors (Lipinski definition) is 3. The van der Waals surface area contributed by atoms with Gasteiger partial charge in [0.15, 0.2) is 11.6 Å². The monoisotopic (exact) mass is 484 g/mol. The summed E-state index contributed by atoms with van der Waals surface area (Å²) in [6, 6.07) is 8.58. The van der Waals surface area contributed by atoms with E-state index in [9.17, 15) is 4.39 Å². The first-order valence-corrected chi connectivity index (χ1v) is 14.3. The van der Waals surface area contributed by atoms with Gasteiger partial charge in [0.2, 0.25) is 0 Å². The highest BCUT2D eigenvalue weighted by Crippen LogP contribution is 2.20. The highest BCUT2D eigenvalue weighted by atomic mass is 19.1. The van der Waals surface area contributed by atoms with Crippen LogP contribution in [0.15, 0.2) is 36.7 Å². The minimum atomic E-state index is -0.798. The fourth-order valence-corrected chi connectivity index (χ4v) is 4.60. The van der Waals surface area contributed by atoms with E-state index >= 15 is 0 Å². The Morgan fingerprint density at radius 1 is 0.743 bits per heavy atom. The smallest absolute Gasteiger partial charge is 0.159 e. The lowest BCUT2D eigenvalue weighted by Gasteiger charge is -2.12. The number of aromatic nitrogens is 2. The standard InChI is InChI=1S/C31H49FN2O/c1-4-6-7-8-9-10-11-12-16-27-18-20-28(21-19-27)31-33-24-30(25-34-31)35-23-22-29(32)17-13-15-26(3)14-5-2/h18-21,24-26,29H,4-17,22-23H2,1-3H3. The lowest BCUT2D eigenvalue weighted by molar-refractivity contribution is 0.219. The van der Waals surface area contributed by atoms with E-state index in [1.165, 1.54) is 69.8 Å². The molecule has 2 atom stereocenters.